The van der Waals surface area contributed by atoms with Crippen LogP contribution in [0.1, 0.15) is 19.4 Å². The average molecular weight is 272 g/mol. The van der Waals surface area contributed by atoms with Gasteiger partial charge in [0.15, 0.2) is 0 Å². The summed E-state index contributed by atoms with van der Waals surface area (Å²) in [4.78, 5) is 0. The molecule has 0 saturated heterocycles. The Balaban J connectivity index is 3.30. The summed E-state index contributed by atoms with van der Waals surface area (Å²) in [7, 11) is -1.77. The molecule has 0 fully saturated rings. The van der Waals surface area contributed by atoms with E-state index in [-0.39, 0.29) is 5.75 Å². The van der Waals surface area contributed by atoms with Gasteiger partial charge in [-0.15, -0.1) is 0 Å². The summed E-state index contributed by atoms with van der Waals surface area (Å²) in [5.74, 6) is 0.583. The third-order valence-electron chi connectivity index (χ3n) is 2.74. The SMILES string of the molecule is CCN(c1ccc(CN)cc1OC)S(=O)(=O)CC. The summed E-state index contributed by atoms with van der Waals surface area (Å²) in [5, 5.41) is 0. The van der Waals surface area contributed by atoms with Crippen LogP contribution in [-0.2, 0) is 16.6 Å². The van der Waals surface area contributed by atoms with Gasteiger partial charge in [-0.3, -0.25) is 4.31 Å². The maximum Gasteiger partial charge on any atom is 0.234 e. The Kier molecular flexibility index (Phi) is 4.98. The molecular formula is C12H20N2O3S. The largest absolute Gasteiger partial charge is 0.495 e. The Morgan fingerprint density at radius 1 is 1.33 bits per heavy atom. The van der Waals surface area contributed by atoms with Crippen molar-refractivity contribution in [1.29, 1.82) is 0 Å². The first kappa shape index (κ1) is 14.8. The van der Waals surface area contributed by atoms with Crippen LogP contribution in [0.15, 0.2) is 18.2 Å². The van der Waals surface area contributed by atoms with Crippen LogP contribution in [0.25, 0.3) is 0 Å². The van der Waals surface area contributed by atoms with Crippen molar-refractivity contribution < 1.29 is 13.2 Å². The number of ether oxygens (including phenoxy) is 1. The highest BCUT2D eigenvalue weighted by atomic mass is 32.2. The molecule has 0 spiro atoms. The monoisotopic (exact) mass is 272 g/mol. The van der Waals surface area contributed by atoms with E-state index < -0.39 is 10.0 Å². The molecule has 0 aliphatic rings. The van der Waals surface area contributed by atoms with Gasteiger partial charge in [0.05, 0.1) is 18.6 Å². The number of hydrogen-bond donors (Lipinski definition) is 1. The highest BCUT2D eigenvalue weighted by Gasteiger charge is 2.21. The molecule has 0 aliphatic carbocycles. The molecule has 1 aromatic rings. The molecule has 0 radical (unpaired) electrons. The second-order valence-corrected chi connectivity index (χ2v) is 5.96. The van der Waals surface area contributed by atoms with Crippen LogP contribution in [0.5, 0.6) is 5.75 Å². The molecule has 0 aromatic heterocycles. The topological polar surface area (TPSA) is 72.6 Å². The lowest BCUT2D eigenvalue weighted by atomic mass is 10.2. The van der Waals surface area contributed by atoms with E-state index >= 15 is 0 Å². The normalized spacial score (nSPS) is 11.3. The van der Waals surface area contributed by atoms with Crippen LogP contribution in [0, 0.1) is 0 Å². The molecule has 1 aromatic carbocycles. The van der Waals surface area contributed by atoms with Crippen molar-refractivity contribution >= 4 is 15.7 Å². The van der Waals surface area contributed by atoms with E-state index in [2.05, 4.69) is 0 Å². The molecular weight excluding hydrogens is 252 g/mol. The first-order valence-electron chi connectivity index (χ1n) is 5.87. The highest BCUT2D eigenvalue weighted by molar-refractivity contribution is 7.92. The zero-order valence-corrected chi connectivity index (χ0v) is 11.8. The second kappa shape index (κ2) is 6.06. The van der Waals surface area contributed by atoms with Crippen LogP contribution in [-0.4, -0.2) is 27.8 Å². The Bertz CT molecular complexity index is 500. The molecule has 0 bridgehead atoms. The Labute approximate surface area is 109 Å². The molecule has 0 amide bonds. The molecule has 0 unspecified atom stereocenters. The van der Waals surface area contributed by atoms with Crippen molar-refractivity contribution in [2.45, 2.75) is 20.4 Å². The molecule has 1 rings (SSSR count). The molecule has 102 valence electrons. The van der Waals surface area contributed by atoms with Crippen molar-refractivity contribution in [3.8, 4) is 5.75 Å². The molecule has 0 saturated carbocycles. The number of anilines is 1. The van der Waals surface area contributed by atoms with Gasteiger partial charge in [-0.25, -0.2) is 8.42 Å². The number of sulfonamides is 1. The molecule has 5 nitrogen and oxygen atoms in total. The third-order valence-corrected chi connectivity index (χ3v) is 4.59. The fourth-order valence-electron chi connectivity index (χ4n) is 1.73. The van der Waals surface area contributed by atoms with Gasteiger partial charge in [-0.05, 0) is 31.5 Å². The van der Waals surface area contributed by atoms with Gasteiger partial charge in [0.25, 0.3) is 0 Å². The summed E-state index contributed by atoms with van der Waals surface area (Å²) in [5.41, 5.74) is 7.01. The van der Waals surface area contributed by atoms with Gasteiger partial charge in [0.1, 0.15) is 5.75 Å². The van der Waals surface area contributed by atoms with Crippen LogP contribution in [0.2, 0.25) is 0 Å². The van der Waals surface area contributed by atoms with Gasteiger partial charge in [-0.2, -0.15) is 0 Å². The highest BCUT2D eigenvalue weighted by Crippen LogP contribution is 2.31. The van der Waals surface area contributed by atoms with Gasteiger partial charge < -0.3 is 10.5 Å². The van der Waals surface area contributed by atoms with E-state index in [1.54, 1.807) is 26.0 Å². The third kappa shape index (κ3) is 2.94. The van der Waals surface area contributed by atoms with Gasteiger partial charge in [-0.1, -0.05) is 6.07 Å². The van der Waals surface area contributed by atoms with Gasteiger partial charge in [0.2, 0.25) is 10.0 Å². The lowest BCUT2D eigenvalue weighted by molar-refractivity contribution is 0.415. The zero-order chi connectivity index (χ0) is 13.8. The summed E-state index contributed by atoms with van der Waals surface area (Å²) in [6, 6.07) is 5.31. The number of nitrogens with two attached hydrogens (primary N) is 1. The summed E-state index contributed by atoms with van der Waals surface area (Å²) in [6.45, 7) is 4.18. The number of rotatable bonds is 6. The summed E-state index contributed by atoms with van der Waals surface area (Å²) >= 11 is 0. The quantitative estimate of drug-likeness (QED) is 0.848. The minimum Gasteiger partial charge on any atom is -0.495 e. The standard InChI is InChI=1S/C12H20N2O3S/c1-4-14(18(15,16)5-2)11-7-6-10(9-13)8-12(11)17-3/h6-8H,4-5,9,13H2,1-3H3. The zero-order valence-electron chi connectivity index (χ0n) is 11.0. The van der Waals surface area contributed by atoms with Crippen LogP contribution in [0.4, 0.5) is 5.69 Å². The first-order chi connectivity index (χ1) is 8.50. The average Bonchev–Trinajstić information content (AvgIpc) is 2.39. The van der Waals surface area contributed by atoms with Crippen molar-refractivity contribution in [2.24, 2.45) is 5.73 Å². The maximum absolute atomic E-state index is 12.0. The molecule has 0 aliphatic heterocycles. The maximum atomic E-state index is 12.0. The van der Waals surface area contributed by atoms with Gasteiger partial charge in [0, 0.05) is 13.1 Å². The molecule has 6 heteroatoms. The number of methoxy groups -OCH3 is 1. The predicted octanol–water partition coefficient (Wildman–Crippen LogP) is 1.33. The van der Waals surface area contributed by atoms with Crippen molar-refractivity contribution in [3.63, 3.8) is 0 Å². The van der Waals surface area contributed by atoms with Crippen LogP contribution < -0.4 is 14.8 Å². The fraction of sp³-hybridized carbons (Fsp3) is 0.500. The van der Waals surface area contributed by atoms with Crippen molar-refractivity contribution in [2.75, 3.05) is 23.7 Å². The van der Waals surface area contributed by atoms with E-state index in [1.165, 1.54) is 11.4 Å². The predicted molar refractivity (Wildman–Crippen MR) is 73.4 cm³/mol. The van der Waals surface area contributed by atoms with E-state index in [4.69, 9.17) is 10.5 Å². The molecule has 0 heterocycles. The number of benzene rings is 1. The minimum absolute atomic E-state index is 0.0582. The van der Waals surface area contributed by atoms with E-state index in [0.29, 0.717) is 24.5 Å². The van der Waals surface area contributed by atoms with Gasteiger partial charge >= 0.3 is 0 Å². The smallest absolute Gasteiger partial charge is 0.234 e. The molecule has 0 atom stereocenters. The Morgan fingerprint density at radius 2 is 2.00 bits per heavy atom. The van der Waals surface area contributed by atoms with Crippen molar-refractivity contribution in [1.82, 2.24) is 0 Å². The van der Waals surface area contributed by atoms with Crippen LogP contribution >= 0.6 is 0 Å². The second-order valence-electron chi connectivity index (χ2n) is 3.78. The lowest BCUT2D eigenvalue weighted by Gasteiger charge is -2.24. The first-order valence-corrected chi connectivity index (χ1v) is 7.48. The fourth-order valence-corrected chi connectivity index (χ4v) is 2.88. The Morgan fingerprint density at radius 3 is 2.44 bits per heavy atom. The van der Waals surface area contributed by atoms with Crippen LogP contribution in [0.3, 0.4) is 0 Å². The van der Waals surface area contributed by atoms with Crippen molar-refractivity contribution in [3.05, 3.63) is 23.8 Å². The minimum atomic E-state index is -3.29. The van der Waals surface area contributed by atoms with E-state index in [1.807, 2.05) is 6.07 Å². The lowest BCUT2D eigenvalue weighted by Crippen LogP contribution is -2.32. The summed E-state index contributed by atoms with van der Waals surface area (Å²) in [6.07, 6.45) is 0. The number of nitrogens with zero attached hydrogens (tertiary/aromatic N) is 1. The summed E-state index contributed by atoms with van der Waals surface area (Å²) < 4.78 is 30.6. The Hall–Kier alpha value is -1.27. The molecule has 2 N–H and O–H groups in total. The van der Waals surface area contributed by atoms with E-state index in [0.717, 1.165) is 5.56 Å². The number of hydrogen-bond acceptors (Lipinski definition) is 4. The van der Waals surface area contributed by atoms with E-state index in [9.17, 15) is 8.42 Å². The molecule has 18 heavy (non-hydrogen) atoms.